The first-order valence-corrected chi connectivity index (χ1v) is 8.21. The molecular formula is C13H16BrNO2S. The van der Waals surface area contributed by atoms with Crippen LogP contribution in [0.15, 0.2) is 22.9 Å². The number of rotatable bonds is 2. The van der Waals surface area contributed by atoms with Gasteiger partial charge in [0.1, 0.15) is 10.7 Å². The van der Waals surface area contributed by atoms with Gasteiger partial charge in [-0.05, 0) is 40.2 Å². The lowest BCUT2D eigenvalue weighted by molar-refractivity contribution is -0.0960. The van der Waals surface area contributed by atoms with Crippen molar-refractivity contribution in [2.75, 3.05) is 18.1 Å². The maximum absolute atomic E-state index is 6.07. The number of thioether (sulfide) groups is 1. The van der Waals surface area contributed by atoms with E-state index in [-0.39, 0.29) is 11.7 Å². The van der Waals surface area contributed by atoms with E-state index in [1.54, 1.807) is 6.20 Å². The van der Waals surface area contributed by atoms with Crippen LogP contribution in [0.3, 0.4) is 0 Å². The number of pyridine rings is 1. The number of hydrogen-bond donors (Lipinski definition) is 0. The van der Waals surface area contributed by atoms with Crippen molar-refractivity contribution >= 4 is 27.7 Å². The molecule has 98 valence electrons. The van der Waals surface area contributed by atoms with Gasteiger partial charge in [-0.1, -0.05) is 0 Å². The molecule has 0 radical (unpaired) electrons. The van der Waals surface area contributed by atoms with Crippen molar-refractivity contribution in [2.45, 2.75) is 31.0 Å². The molecule has 2 atom stereocenters. The molecule has 0 saturated carbocycles. The second-order valence-corrected chi connectivity index (χ2v) is 6.72. The topological polar surface area (TPSA) is 31.4 Å². The monoisotopic (exact) mass is 329 g/mol. The molecule has 0 N–H and O–H groups in total. The molecule has 0 aliphatic carbocycles. The minimum atomic E-state index is 0.0717. The van der Waals surface area contributed by atoms with Gasteiger partial charge in [0.25, 0.3) is 0 Å². The van der Waals surface area contributed by atoms with E-state index in [9.17, 15) is 0 Å². The first kappa shape index (κ1) is 12.8. The third-order valence-corrected chi connectivity index (χ3v) is 5.35. The zero-order valence-electron chi connectivity index (χ0n) is 10.1. The molecule has 3 heterocycles. The predicted octanol–water partition coefficient (Wildman–Crippen LogP) is 3.28. The van der Waals surface area contributed by atoms with Gasteiger partial charge in [0.05, 0.1) is 12.2 Å². The molecule has 1 spiro atoms. The lowest BCUT2D eigenvalue weighted by atomic mass is 9.91. The van der Waals surface area contributed by atoms with E-state index >= 15 is 0 Å². The zero-order chi connectivity index (χ0) is 12.4. The van der Waals surface area contributed by atoms with Gasteiger partial charge in [-0.2, -0.15) is 11.8 Å². The van der Waals surface area contributed by atoms with Gasteiger partial charge >= 0.3 is 0 Å². The summed E-state index contributed by atoms with van der Waals surface area (Å²) in [6, 6.07) is 3.86. The Hall–Kier alpha value is -0.260. The Bertz CT molecular complexity index is 423. The molecule has 0 bridgehead atoms. The molecule has 1 aromatic rings. The molecule has 0 amide bonds. The molecular weight excluding hydrogens is 314 g/mol. The minimum Gasteiger partial charge on any atom is -0.487 e. The Labute approximate surface area is 120 Å². The number of halogens is 1. The molecule has 0 aromatic carbocycles. The fraction of sp³-hybridized carbons (Fsp3) is 0.615. The molecule has 3 nitrogen and oxygen atoms in total. The normalized spacial score (nSPS) is 31.7. The Kier molecular flexibility index (Phi) is 3.82. The lowest BCUT2D eigenvalue weighted by Gasteiger charge is -2.37. The zero-order valence-corrected chi connectivity index (χ0v) is 12.5. The summed E-state index contributed by atoms with van der Waals surface area (Å²) in [6.45, 7) is 0.809. The maximum Gasteiger partial charge on any atom is 0.152 e. The van der Waals surface area contributed by atoms with E-state index < -0.39 is 0 Å². The molecule has 2 unspecified atom stereocenters. The highest BCUT2D eigenvalue weighted by molar-refractivity contribution is 9.10. The standard InChI is InChI=1S/C13H16BrNO2S/c14-12-11(2-1-5-15-12)17-10-3-6-16-13(8-10)4-7-18-9-13/h1-2,5,10H,3-4,6-9H2. The number of ether oxygens (including phenoxy) is 2. The van der Waals surface area contributed by atoms with Crippen LogP contribution in [0.2, 0.25) is 0 Å². The van der Waals surface area contributed by atoms with Crippen molar-refractivity contribution in [2.24, 2.45) is 0 Å². The highest BCUT2D eigenvalue weighted by Crippen LogP contribution is 2.39. The summed E-state index contributed by atoms with van der Waals surface area (Å²) in [5, 5.41) is 0. The summed E-state index contributed by atoms with van der Waals surface area (Å²) < 4.78 is 12.9. The molecule has 2 aliphatic rings. The first-order valence-electron chi connectivity index (χ1n) is 6.26. The van der Waals surface area contributed by atoms with Crippen molar-refractivity contribution in [1.82, 2.24) is 4.98 Å². The SMILES string of the molecule is Brc1ncccc1OC1CCOC2(CCSC2)C1. The van der Waals surface area contributed by atoms with E-state index in [0.29, 0.717) is 0 Å². The van der Waals surface area contributed by atoms with Crippen LogP contribution in [0.1, 0.15) is 19.3 Å². The Morgan fingerprint density at radius 2 is 2.50 bits per heavy atom. The predicted molar refractivity (Wildman–Crippen MR) is 76.2 cm³/mol. The second-order valence-electron chi connectivity index (χ2n) is 4.86. The second kappa shape index (κ2) is 5.39. The van der Waals surface area contributed by atoms with Gasteiger partial charge in [0.15, 0.2) is 5.75 Å². The smallest absolute Gasteiger partial charge is 0.152 e. The van der Waals surface area contributed by atoms with Crippen LogP contribution >= 0.6 is 27.7 Å². The van der Waals surface area contributed by atoms with Gasteiger partial charge in [0.2, 0.25) is 0 Å². The third kappa shape index (κ3) is 2.68. The summed E-state index contributed by atoms with van der Waals surface area (Å²) >= 11 is 5.42. The van der Waals surface area contributed by atoms with Crippen LogP contribution in [0, 0.1) is 0 Å². The fourth-order valence-electron chi connectivity index (χ4n) is 2.59. The van der Waals surface area contributed by atoms with Crippen LogP contribution in [-0.2, 0) is 4.74 Å². The third-order valence-electron chi connectivity index (χ3n) is 3.53. The molecule has 2 aliphatic heterocycles. The summed E-state index contributed by atoms with van der Waals surface area (Å²) in [5.41, 5.74) is 0.0717. The highest BCUT2D eigenvalue weighted by atomic mass is 79.9. The van der Waals surface area contributed by atoms with Crippen molar-refractivity contribution in [3.63, 3.8) is 0 Å². The minimum absolute atomic E-state index is 0.0717. The summed E-state index contributed by atoms with van der Waals surface area (Å²) in [5.74, 6) is 3.16. The van der Waals surface area contributed by atoms with Crippen molar-refractivity contribution in [3.05, 3.63) is 22.9 Å². The number of hydrogen-bond acceptors (Lipinski definition) is 4. The van der Waals surface area contributed by atoms with E-state index in [1.165, 1.54) is 5.75 Å². The van der Waals surface area contributed by atoms with Gasteiger partial charge in [-0.3, -0.25) is 0 Å². The van der Waals surface area contributed by atoms with Crippen LogP contribution in [0.5, 0.6) is 5.75 Å². The number of nitrogens with zero attached hydrogens (tertiary/aromatic N) is 1. The van der Waals surface area contributed by atoms with E-state index in [1.807, 2.05) is 23.9 Å². The van der Waals surface area contributed by atoms with Gasteiger partial charge in [-0.15, -0.1) is 0 Å². The van der Waals surface area contributed by atoms with Gasteiger partial charge < -0.3 is 9.47 Å². The number of aromatic nitrogens is 1. The summed E-state index contributed by atoms with van der Waals surface area (Å²) in [7, 11) is 0. The average molecular weight is 330 g/mol. The van der Waals surface area contributed by atoms with Crippen LogP contribution in [-0.4, -0.2) is 34.8 Å². The lowest BCUT2D eigenvalue weighted by Crippen LogP contribution is -2.43. The summed E-state index contributed by atoms with van der Waals surface area (Å²) in [6.07, 6.45) is 5.13. The van der Waals surface area contributed by atoms with Crippen LogP contribution in [0.4, 0.5) is 0 Å². The molecule has 1 aromatic heterocycles. The Morgan fingerprint density at radius 1 is 1.56 bits per heavy atom. The Balaban J connectivity index is 1.68. The van der Waals surface area contributed by atoms with E-state index in [0.717, 1.165) is 42.0 Å². The maximum atomic E-state index is 6.07. The molecule has 3 rings (SSSR count). The van der Waals surface area contributed by atoms with E-state index in [4.69, 9.17) is 9.47 Å². The summed E-state index contributed by atoms with van der Waals surface area (Å²) in [4.78, 5) is 4.19. The molecule has 2 saturated heterocycles. The first-order chi connectivity index (χ1) is 8.77. The van der Waals surface area contributed by atoms with Gasteiger partial charge in [-0.25, -0.2) is 4.98 Å². The molecule has 5 heteroatoms. The molecule has 2 fully saturated rings. The fourth-order valence-corrected chi connectivity index (χ4v) is 4.31. The molecule has 18 heavy (non-hydrogen) atoms. The average Bonchev–Trinajstić information content (AvgIpc) is 2.80. The Morgan fingerprint density at radius 3 is 3.28 bits per heavy atom. The van der Waals surface area contributed by atoms with Crippen molar-refractivity contribution in [3.8, 4) is 5.75 Å². The van der Waals surface area contributed by atoms with Crippen molar-refractivity contribution < 1.29 is 9.47 Å². The van der Waals surface area contributed by atoms with Crippen molar-refractivity contribution in [1.29, 1.82) is 0 Å². The van der Waals surface area contributed by atoms with Crippen LogP contribution in [0.25, 0.3) is 0 Å². The largest absolute Gasteiger partial charge is 0.487 e. The quantitative estimate of drug-likeness (QED) is 0.779. The van der Waals surface area contributed by atoms with Crippen LogP contribution < -0.4 is 4.74 Å². The van der Waals surface area contributed by atoms with Gasteiger partial charge in [0, 0.05) is 24.8 Å². The highest BCUT2D eigenvalue weighted by Gasteiger charge is 2.41. The van der Waals surface area contributed by atoms with E-state index in [2.05, 4.69) is 20.9 Å².